The van der Waals surface area contributed by atoms with Gasteiger partial charge >= 0.3 is 0 Å². The van der Waals surface area contributed by atoms with Gasteiger partial charge in [-0.2, -0.15) is 0 Å². The van der Waals surface area contributed by atoms with Crippen LogP contribution in [0, 0.1) is 11.7 Å². The zero-order chi connectivity index (χ0) is 14.5. The molecule has 20 heavy (non-hydrogen) atoms. The Bertz CT molecular complexity index is 453. The number of nitrogens with one attached hydrogen (secondary N) is 1. The standard InChI is InChI=1S/C13H16F3N3O/c14-10-3-4-12(17-6-10)19-5-1-2-9(8-19)13(20)18-7-11(15)16/h3-4,6,9,11H,1-2,5,7-8H2,(H,18,20). The van der Waals surface area contributed by atoms with Gasteiger partial charge in [-0.15, -0.1) is 0 Å². The van der Waals surface area contributed by atoms with E-state index >= 15 is 0 Å². The quantitative estimate of drug-likeness (QED) is 0.918. The number of aromatic nitrogens is 1. The van der Waals surface area contributed by atoms with Crippen LogP contribution in [0.15, 0.2) is 18.3 Å². The summed E-state index contributed by atoms with van der Waals surface area (Å²) in [4.78, 5) is 17.6. The van der Waals surface area contributed by atoms with Crippen LogP contribution in [0.3, 0.4) is 0 Å². The fourth-order valence-electron chi connectivity index (χ4n) is 2.28. The summed E-state index contributed by atoms with van der Waals surface area (Å²) >= 11 is 0. The highest BCUT2D eigenvalue weighted by atomic mass is 19.3. The molecule has 110 valence electrons. The van der Waals surface area contributed by atoms with Gasteiger partial charge in [0.25, 0.3) is 6.43 Å². The summed E-state index contributed by atoms with van der Waals surface area (Å²) in [5.41, 5.74) is 0. The van der Waals surface area contributed by atoms with Crippen LogP contribution >= 0.6 is 0 Å². The number of carbonyl (C=O) groups excluding carboxylic acids is 1. The predicted molar refractivity (Wildman–Crippen MR) is 68.1 cm³/mol. The molecule has 1 aliphatic heterocycles. The molecule has 1 atom stereocenters. The Hall–Kier alpha value is -1.79. The van der Waals surface area contributed by atoms with Gasteiger partial charge in [0, 0.05) is 13.1 Å². The minimum atomic E-state index is -2.54. The minimum absolute atomic E-state index is 0.339. The van der Waals surface area contributed by atoms with Crippen LogP contribution < -0.4 is 10.2 Å². The molecule has 0 bridgehead atoms. The van der Waals surface area contributed by atoms with E-state index in [9.17, 15) is 18.0 Å². The van der Waals surface area contributed by atoms with Crippen LogP contribution in [0.1, 0.15) is 12.8 Å². The van der Waals surface area contributed by atoms with Gasteiger partial charge in [-0.1, -0.05) is 0 Å². The minimum Gasteiger partial charge on any atom is -0.356 e. The molecule has 1 fully saturated rings. The fourth-order valence-corrected chi connectivity index (χ4v) is 2.28. The molecule has 1 unspecified atom stereocenters. The van der Waals surface area contributed by atoms with Crippen molar-refractivity contribution in [3.63, 3.8) is 0 Å². The SMILES string of the molecule is O=C(NCC(F)F)C1CCCN(c2ccc(F)cn2)C1. The van der Waals surface area contributed by atoms with Gasteiger partial charge in [0.15, 0.2) is 0 Å². The highest BCUT2D eigenvalue weighted by Gasteiger charge is 2.26. The maximum atomic E-state index is 12.8. The van der Waals surface area contributed by atoms with E-state index in [-0.39, 0.29) is 11.8 Å². The molecule has 1 amide bonds. The summed E-state index contributed by atoms with van der Waals surface area (Å²) in [6, 6.07) is 2.86. The van der Waals surface area contributed by atoms with Crippen LogP contribution in [-0.4, -0.2) is 37.0 Å². The van der Waals surface area contributed by atoms with Crippen LogP contribution in [0.2, 0.25) is 0 Å². The van der Waals surface area contributed by atoms with Crippen molar-refractivity contribution in [2.45, 2.75) is 19.3 Å². The summed E-state index contributed by atoms with van der Waals surface area (Å²) in [6.07, 6.45) is 0.00594. The predicted octanol–water partition coefficient (Wildman–Crippen LogP) is 1.82. The molecular formula is C13H16F3N3O. The number of hydrogen-bond acceptors (Lipinski definition) is 3. The Kier molecular flexibility index (Phi) is 4.81. The Balaban J connectivity index is 1.94. The van der Waals surface area contributed by atoms with Crippen LogP contribution in [0.5, 0.6) is 0 Å². The molecule has 0 aliphatic carbocycles. The number of alkyl halides is 2. The molecule has 4 nitrogen and oxygen atoms in total. The maximum absolute atomic E-state index is 12.8. The van der Waals surface area contributed by atoms with Crippen molar-refractivity contribution >= 4 is 11.7 Å². The van der Waals surface area contributed by atoms with E-state index in [4.69, 9.17) is 0 Å². The summed E-state index contributed by atoms with van der Waals surface area (Å²) in [6.45, 7) is 0.509. The topological polar surface area (TPSA) is 45.2 Å². The van der Waals surface area contributed by atoms with Gasteiger partial charge < -0.3 is 10.2 Å². The molecule has 0 saturated carbocycles. The van der Waals surface area contributed by atoms with Gasteiger partial charge in [0.2, 0.25) is 5.91 Å². The first kappa shape index (κ1) is 14.6. The molecule has 1 saturated heterocycles. The maximum Gasteiger partial charge on any atom is 0.255 e. The van der Waals surface area contributed by atoms with E-state index < -0.39 is 18.8 Å². The van der Waals surface area contributed by atoms with Crippen molar-refractivity contribution in [3.05, 3.63) is 24.1 Å². The number of pyridine rings is 1. The number of halogens is 3. The second-order valence-corrected chi connectivity index (χ2v) is 4.76. The largest absolute Gasteiger partial charge is 0.356 e. The van der Waals surface area contributed by atoms with Crippen molar-refractivity contribution < 1.29 is 18.0 Å². The summed E-state index contributed by atoms with van der Waals surface area (Å²) in [5.74, 6) is -0.527. The zero-order valence-corrected chi connectivity index (χ0v) is 10.9. The number of hydrogen-bond donors (Lipinski definition) is 1. The second-order valence-electron chi connectivity index (χ2n) is 4.76. The molecule has 0 radical (unpaired) electrons. The first-order chi connectivity index (χ1) is 9.56. The molecule has 7 heteroatoms. The van der Waals surface area contributed by atoms with Crippen LogP contribution in [0.4, 0.5) is 19.0 Å². The Labute approximate surface area is 115 Å². The summed E-state index contributed by atoms with van der Waals surface area (Å²) in [5, 5.41) is 2.24. The molecule has 1 N–H and O–H groups in total. The first-order valence-corrected chi connectivity index (χ1v) is 6.48. The first-order valence-electron chi connectivity index (χ1n) is 6.48. The third-order valence-corrected chi connectivity index (χ3v) is 3.26. The second kappa shape index (κ2) is 6.58. The van der Waals surface area contributed by atoms with Crippen LogP contribution in [0.25, 0.3) is 0 Å². The average Bonchev–Trinajstić information content (AvgIpc) is 2.45. The highest BCUT2D eigenvalue weighted by molar-refractivity contribution is 5.79. The molecule has 1 aromatic rings. The average molecular weight is 287 g/mol. The Morgan fingerprint density at radius 1 is 1.50 bits per heavy atom. The molecule has 2 heterocycles. The van der Waals surface area contributed by atoms with E-state index in [1.165, 1.54) is 6.07 Å². The highest BCUT2D eigenvalue weighted by Crippen LogP contribution is 2.21. The lowest BCUT2D eigenvalue weighted by molar-refractivity contribution is -0.125. The number of amides is 1. The number of carbonyl (C=O) groups is 1. The number of nitrogens with zero attached hydrogens (tertiary/aromatic N) is 2. The van der Waals surface area contributed by atoms with Gasteiger partial charge in [0.1, 0.15) is 11.6 Å². The Morgan fingerprint density at radius 2 is 2.30 bits per heavy atom. The molecule has 0 spiro atoms. The third-order valence-electron chi connectivity index (χ3n) is 3.26. The van der Waals surface area contributed by atoms with Gasteiger partial charge in [0.05, 0.1) is 18.7 Å². The number of piperidine rings is 1. The van der Waals surface area contributed by atoms with Crippen molar-refractivity contribution in [2.24, 2.45) is 5.92 Å². The molecule has 1 aromatic heterocycles. The molecule has 1 aliphatic rings. The van der Waals surface area contributed by atoms with Crippen molar-refractivity contribution in [3.8, 4) is 0 Å². The lowest BCUT2D eigenvalue weighted by atomic mass is 9.97. The summed E-state index contributed by atoms with van der Waals surface area (Å²) in [7, 11) is 0. The lowest BCUT2D eigenvalue weighted by Crippen LogP contribution is -2.44. The number of anilines is 1. The molecular weight excluding hydrogens is 271 g/mol. The van der Waals surface area contributed by atoms with Crippen molar-refractivity contribution in [1.82, 2.24) is 10.3 Å². The number of rotatable bonds is 4. The molecule has 2 rings (SSSR count). The molecule has 0 aromatic carbocycles. The lowest BCUT2D eigenvalue weighted by Gasteiger charge is -2.32. The van der Waals surface area contributed by atoms with Gasteiger partial charge in [-0.25, -0.2) is 18.2 Å². The fraction of sp³-hybridized carbons (Fsp3) is 0.538. The third kappa shape index (κ3) is 3.85. The van der Waals surface area contributed by atoms with E-state index in [1.54, 1.807) is 6.07 Å². The Morgan fingerprint density at radius 3 is 2.95 bits per heavy atom. The summed E-state index contributed by atoms with van der Waals surface area (Å²) < 4.78 is 37.0. The van der Waals surface area contributed by atoms with E-state index in [1.807, 2.05) is 4.90 Å². The van der Waals surface area contributed by atoms with Crippen molar-refractivity contribution in [2.75, 3.05) is 24.5 Å². The van der Waals surface area contributed by atoms with E-state index in [0.717, 1.165) is 19.2 Å². The van der Waals surface area contributed by atoms with Gasteiger partial charge in [-0.3, -0.25) is 4.79 Å². The zero-order valence-electron chi connectivity index (χ0n) is 10.9. The van der Waals surface area contributed by atoms with Gasteiger partial charge in [-0.05, 0) is 25.0 Å². The normalized spacial score (nSPS) is 19.2. The van der Waals surface area contributed by atoms with Crippen LogP contribution in [-0.2, 0) is 4.79 Å². The van der Waals surface area contributed by atoms with E-state index in [0.29, 0.717) is 18.8 Å². The van der Waals surface area contributed by atoms with Crippen molar-refractivity contribution in [1.29, 1.82) is 0 Å². The smallest absolute Gasteiger partial charge is 0.255 e. The monoisotopic (exact) mass is 287 g/mol. The van der Waals surface area contributed by atoms with E-state index in [2.05, 4.69) is 10.3 Å².